The van der Waals surface area contributed by atoms with Gasteiger partial charge in [-0.3, -0.25) is 9.98 Å². The zero-order chi connectivity index (χ0) is 17.4. The van der Waals surface area contributed by atoms with Crippen molar-refractivity contribution in [1.82, 2.24) is 19.6 Å². The second-order valence-corrected chi connectivity index (χ2v) is 6.21. The van der Waals surface area contributed by atoms with Crippen molar-refractivity contribution in [3.05, 3.63) is 30.5 Å². The van der Waals surface area contributed by atoms with Crippen molar-refractivity contribution in [3.63, 3.8) is 0 Å². The molecule has 0 aliphatic carbocycles. The molecule has 0 N–H and O–H groups in total. The lowest BCUT2D eigenvalue weighted by atomic mass is 10.7. The molecule has 0 aliphatic rings. The summed E-state index contributed by atoms with van der Waals surface area (Å²) < 4.78 is 3.33. The average molecular weight is 366 g/mol. The van der Waals surface area contributed by atoms with E-state index >= 15 is 0 Å². The van der Waals surface area contributed by atoms with Gasteiger partial charge < -0.3 is 0 Å². The molecule has 0 aliphatic heterocycles. The van der Waals surface area contributed by atoms with Gasteiger partial charge in [-0.05, 0) is 11.1 Å². The van der Waals surface area contributed by atoms with Crippen molar-refractivity contribution in [2.24, 2.45) is 34.3 Å². The Labute approximate surface area is 143 Å². The smallest absolute Gasteiger partial charge is 0.203 e. The lowest BCUT2D eigenvalue weighted by Crippen LogP contribution is -2.12. The molecule has 0 saturated carbocycles. The van der Waals surface area contributed by atoms with Gasteiger partial charge in [0.15, 0.2) is 10.0 Å². The minimum atomic E-state index is 0.310. The summed E-state index contributed by atoms with van der Waals surface area (Å²) in [4.78, 5) is 15.5. The quantitative estimate of drug-likeness (QED) is 0.314. The summed E-state index contributed by atoms with van der Waals surface area (Å²) >= 11 is 2.80. The second kappa shape index (κ2) is 8.84. The summed E-state index contributed by atoms with van der Waals surface area (Å²) in [6.45, 7) is 1.44. The third-order valence-corrected chi connectivity index (χ3v) is 4.83. The zero-order valence-corrected chi connectivity index (χ0v) is 14.6. The van der Waals surface area contributed by atoms with E-state index in [-0.39, 0.29) is 0 Å². The molecule has 2 aromatic heterocycles. The van der Waals surface area contributed by atoms with Crippen LogP contribution in [0.1, 0.15) is 0 Å². The summed E-state index contributed by atoms with van der Waals surface area (Å²) in [5, 5.41) is 17.2. The van der Waals surface area contributed by atoms with Crippen LogP contribution < -0.4 is 9.60 Å². The standard InChI is InChI=1S/C10H14N12S2/c1-21-9(13-3-5-15-19-11)23-7(17-21)8-18-22(2)10(24-8)14-4-6-16-20-12/h3-6H2,1-2H3. The first kappa shape index (κ1) is 17.7. The number of nitrogens with zero attached hydrogens (tertiary/aromatic N) is 12. The average Bonchev–Trinajstić information content (AvgIpc) is 3.12. The van der Waals surface area contributed by atoms with Gasteiger partial charge in [0, 0.05) is 50.1 Å². The number of aromatic nitrogens is 4. The van der Waals surface area contributed by atoms with E-state index in [0.717, 1.165) is 19.6 Å². The number of hydrogen-bond donors (Lipinski definition) is 0. The van der Waals surface area contributed by atoms with Crippen molar-refractivity contribution in [2.45, 2.75) is 0 Å². The summed E-state index contributed by atoms with van der Waals surface area (Å²) in [5.41, 5.74) is 16.5. The Bertz CT molecular complexity index is 838. The molecule has 126 valence electrons. The van der Waals surface area contributed by atoms with E-state index in [1.807, 2.05) is 0 Å². The topological polar surface area (TPSA) is 158 Å². The molecule has 0 unspecified atom stereocenters. The van der Waals surface area contributed by atoms with Gasteiger partial charge in [-0.25, -0.2) is 9.36 Å². The molecule has 0 fully saturated rings. The van der Waals surface area contributed by atoms with E-state index in [1.54, 1.807) is 23.5 Å². The van der Waals surface area contributed by atoms with Gasteiger partial charge in [-0.1, -0.05) is 32.9 Å². The molecule has 0 radical (unpaired) electrons. The lowest BCUT2D eigenvalue weighted by molar-refractivity contribution is 0.706. The third-order valence-electron chi connectivity index (χ3n) is 2.61. The Hall–Kier alpha value is -2.66. The van der Waals surface area contributed by atoms with Gasteiger partial charge in [-0.2, -0.15) is 10.2 Å². The molecular weight excluding hydrogens is 352 g/mol. The van der Waals surface area contributed by atoms with Crippen LogP contribution >= 0.6 is 22.7 Å². The van der Waals surface area contributed by atoms with E-state index < -0.39 is 0 Å². The highest BCUT2D eigenvalue weighted by molar-refractivity contribution is 7.19. The fraction of sp³-hybridized carbons (Fsp3) is 0.600. The van der Waals surface area contributed by atoms with E-state index in [0.29, 0.717) is 26.2 Å². The maximum Gasteiger partial charge on any atom is 0.203 e. The molecule has 2 heterocycles. The molecule has 0 saturated heterocycles. The first-order chi connectivity index (χ1) is 11.7. The van der Waals surface area contributed by atoms with Crippen molar-refractivity contribution < 1.29 is 0 Å². The number of azide groups is 2. The highest BCUT2D eigenvalue weighted by Crippen LogP contribution is 2.18. The van der Waals surface area contributed by atoms with Crippen LogP contribution in [-0.4, -0.2) is 45.7 Å². The summed E-state index contributed by atoms with van der Waals surface area (Å²) in [6, 6.07) is 0. The predicted octanol–water partition coefficient (Wildman–Crippen LogP) is 1.37. The van der Waals surface area contributed by atoms with Gasteiger partial charge in [-0.15, -0.1) is 0 Å². The van der Waals surface area contributed by atoms with E-state index in [4.69, 9.17) is 11.1 Å². The highest BCUT2D eigenvalue weighted by atomic mass is 32.1. The Morgan fingerprint density at radius 3 is 1.62 bits per heavy atom. The van der Waals surface area contributed by atoms with Crippen molar-refractivity contribution >= 4 is 22.7 Å². The molecule has 0 aromatic carbocycles. The maximum absolute atomic E-state index is 8.25. The molecule has 12 nitrogen and oxygen atoms in total. The molecule has 0 atom stereocenters. The van der Waals surface area contributed by atoms with E-state index in [9.17, 15) is 0 Å². The number of aryl methyl sites for hydroxylation is 2. The first-order valence-electron chi connectivity index (χ1n) is 6.77. The third kappa shape index (κ3) is 4.67. The second-order valence-electron chi connectivity index (χ2n) is 4.30. The highest BCUT2D eigenvalue weighted by Gasteiger charge is 2.10. The van der Waals surface area contributed by atoms with Crippen LogP contribution in [0, 0.1) is 0 Å². The molecule has 0 bridgehead atoms. The molecule has 14 heteroatoms. The first-order valence-corrected chi connectivity index (χ1v) is 8.40. The van der Waals surface area contributed by atoms with Gasteiger partial charge in [0.2, 0.25) is 9.60 Å². The van der Waals surface area contributed by atoms with Gasteiger partial charge >= 0.3 is 0 Å². The normalized spacial score (nSPS) is 12.1. The van der Waals surface area contributed by atoms with Crippen LogP contribution in [-0.2, 0) is 14.1 Å². The molecule has 2 rings (SSSR count). The Morgan fingerprint density at radius 1 is 0.833 bits per heavy atom. The minimum Gasteiger partial charge on any atom is -0.257 e. The molecule has 0 amide bonds. The monoisotopic (exact) mass is 366 g/mol. The Kier molecular flexibility index (Phi) is 6.51. The molecule has 0 spiro atoms. The summed E-state index contributed by atoms with van der Waals surface area (Å²) in [7, 11) is 3.59. The van der Waals surface area contributed by atoms with Crippen molar-refractivity contribution in [2.75, 3.05) is 26.2 Å². The number of hydrogen-bond acceptors (Lipinski definition) is 8. The molecule has 2 aromatic rings. The molecular formula is C10H14N12S2. The maximum atomic E-state index is 8.25. The van der Waals surface area contributed by atoms with Crippen molar-refractivity contribution in [1.29, 1.82) is 0 Å². The zero-order valence-electron chi connectivity index (χ0n) is 13.0. The fourth-order valence-corrected chi connectivity index (χ4v) is 3.45. The largest absolute Gasteiger partial charge is 0.257 e. The number of rotatable bonds is 7. The molecule has 24 heavy (non-hydrogen) atoms. The summed E-state index contributed by atoms with van der Waals surface area (Å²) in [6.07, 6.45) is 0. The van der Waals surface area contributed by atoms with Crippen LogP contribution in [0.15, 0.2) is 20.2 Å². The Balaban J connectivity index is 2.23. The minimum absolute atomic E-state index is 0.310. The van der Waals surface area contributed by atoms with E-state index in [2.05, 4.69) is 40.2 Å². The van der Waals surface area contributed by atoms with Crippen LogP contribution in [0.2, 0.25) is 0 Å². The van der Waals surface area contributed by atoms with E-state index in [1.165, 1.54) is 22.7 Å². The fourth-order valence-electron chi connectivity index (χ4n) is 1.62. The van der Waals surface area contributed by atoms with Crippen LogP contribution in [0.25, 0.3) is 30.9 Å². The van der Waals surface area contributed by atoms with Gasteiger partial charge in [0.05, 0.1) is 0 Å². The van der Waals surface area contributed by atoms with Gasteiger partial charge in [0.25, 0.3) is 0 Å². The van der Waals surface area contributed by atoms with Crippen LogP contribution in [0.3, 0.4) is 0 Å². The van der Waals surface area contributed by atoms with Gasteiger partial charge in [0.1, 0.15) is 0 Å². The SMILES string of the molecule is Cn1nc(-c2nn(C)c(=NCCN=[N+]=[N-])s2)sc1=NCCN=[N+]=[N-]. The predicted molar refractivity (Wildman–Crippen MR) is 90.1 cm³/mol. The van der Waals surface area contributed by atoms with Crippen LogP contribution in [0.4, 0.5) is 0 Å². The van der Waals surface area contributed by atoms with Crippen molar-refractivity contribution in [3.8, 4) is 10.0 Å². The lowest BCUT2D eigenvalue weighted by Gasteiger charge is -1.87. The summed E-state index contributed by atoms with van der Waals surface area (Å²) in [5.74, 6) is 0. The Morgan fingerprint density at radius 2 is 1.25 bits per heavy atom. The van der Waals surface area contributed by atoms with Crippen LogP contribution in [0.5, 0.6) is 0 Å².